The lowest BCUT2D eigenvalue weighted by Gasteiger charge is -2.26. The third kappa shape index (κ3) is 7.33. The van der Waals surface area contributed by atoms with Gasteiger partial charge in [-0.3, -0.25) is 0 Å². The van der Waals surface area contributed by atoms with Gasteiger partial charge in [0, 0.05) is 5.92 Å². The second-order valence-electron chi connectivity index (χ2n) is 12.1. The minimum Gasteiger partial charge on any atom is -0.451 e. The Labute approximate surface area is 254 Å². The zero-order valence-corrected chi connectivity index (χ0v) is 25.4. The second kappa shape index (κ2) is 12.8. The molecule has 0 aromatic heterocycles. The highest BCUT2D eigenvalue weighted by Gasteiger charge is 2.32. The van der Waals surface area contributed by atoms with Gasteiger partial charge in [-0.25, -0.2) is 9.59 Å². The summed E-state index contributed by atoms with van der Waals surface area (Å²) in [5, 5.41) is 2.73. The predicted octanol–water partition coefficient (Wildman–Crippen LogP) is 7.66. The van der Waals surface area contributed by atoms with Crippen LogP contribution in [0, 0.1) is 13.8 Å². The molecule has 4 aromatic rings. The molecule has 0 heterocycles. The summed E-state index contributed by atoms with van der Waals surface area (Å²) in [4.78, 5) is 26.9. The van der Waals surface area contributed by atoms with Crippen molar-refractivity contribution in [3.63, 3.8) is 0 Å². The molecule has 0 radical (unpaired) electrons. The fourth-order valence-electron chi connectivity index (χ4n) is 5.29. The first kappa shape index (κ1) is 30.1. The fourth-order valence-corrected chi connectivity index (χ4v) is 5.29. The zero-order valence-electron chi connectivity index (χ0n) is 25.4. The molecule has 1 N–H and O–H groups in total. The Kier molecular flexibility index (Phi) is 8.97. The van der Waals surface area contributed by atoms with E-state index in [1.807, 2.05) is 107 Å². The lowest BCUT2D eigenvalue weighted by Crippen LogP contribution is -2.47. The summed E-state index contributed by atoms with van der Waals surface area (Å²) in [5.41, 5.74) is 7.85. The number of carbonyl (C=O) groups is 2. The van der Waals surface area contributed by atoms with Crippen LogP contribution >= 0.6 is 0 Å². The molecular weight excluding hydrogens is 538 g/mol. The van der Waals surface area contributed by atoms with Crippen LogP contribution in [-0.2, 0) is 19.0 Å². The normalized spacial score (nSPS) is 13.3. The van der Waals surface area contributed by atoms with E-state index in [0.29, 0.717) is 0 Å². The standard InChI is InChI=1S/C37H39NO5/c1-24-14-18-26(19-15-24)34(27-20-16-25(2)17-21-27)43-35(39)33(23-42-37(3,4)5)38-36(40)41-22-32-30-12-8-6-10-28(30)29-11-7-9-13-31(29)32/h6-21,32-34H,22-23H2,1-5H3,(H,38,40)/t33-/m0/s1. The number of ether oxygens (including phenoxy) is 3. The molecule has 43 heavy (non-hydrogen) atoms. The monoisotopic (exact) mass is 577 g/mol. The highest BCUT2D eigenvalue weighted by atomic mass is 16.6. The number of esters is 1. The summed E-state index contributed by atoms with van der Waals surface area (Å²) < 4.78 is 17.8. The molecule has 1 amide bonds. The van der Waals surface area contributed by atoms with Crippen molar-refractivity contribution in [2.75, 3.05) is 13.2 Å². The lowest BCUT2D eigenvalue weighted by atomic mass is 9.98. The minimum atomic E-state index is -1.08. The summed E-state index contributed by atoms with van der Waals surface area (Å²) in [6, 6.07) is 31.0. The van der Waals surface area contributed by atoms with Crippen LogP contribution in [0.25, 0.3) is 11.1 Å². The number of rotatable bonds is 9. The molecule has 0 fully saturated rings. The Bertz CT molecular complexity index is 1480. The van der Waals surface area contributed by atoms with Crippen LogP contribution in [0.3, 0.4) is 0 Å². The molecule has 6 heteroatoms. The van der Waals surface area contributed by atoms with Crippen LogP contribution in [-0.4, -0.2) is 36.9 Å². The number of carbonyl (C=O) groups excluding carboxylic acids is 2. The molecule has 0 aliphatic heterocycles. The molecule has 1 aliphatic carbocycles. The van der Waals surface area contributed by atoms with Crippen LogP contribution < -0.4 is 5.32 Å². The van der Waals surface area contributed by atoms with Crippen molar-refractivity contribution in [2.45, 2.75) is 58.3 Å². The van der Waals surface area contributed by atoms with Crippen LogP contribution in [0.5, 0.6) is 0 Å². The molecule has 0 unspecified atom stereocenters. The van der Waals surface area contributed by atoms with Crippen molar-refractivity contribution >= 4 is 12.1 Å². The van der Waals surface area contributed by atoms with E-state index < -0.39 is 29.8 Å². The Morgan fingerprint density at radius 3 is 1.72 bits per heavy atom. The number of alkyl carbamates (subject to hydrolysis) is 1. The maximum absolute atomic E-state index is 13.7. The topological polar surface area (TPSA) is 73.9 Å². The van der Waals surface area contributed by atoms with E-state index in [0.717, 1.165) is 44.5 Å². The van der Waals surface area contributed by atoms with Gasteiger partial charge in [0.2, 0.25) is 0 Å². The first-order chi connectivity index (χ1) is 20.6. The predicted molar refractivity (Wildman–Crippen MR) is 168 cm³/mol. The fraction of sp³-hybridized carbons (Fsp3) is 0.297. The van der Waals surface area contributed by atoms with E-state index in [-0.39, 0.29) is 19.1 Å². The maximum Gasteiger partial charge on any atom is 0.407 e. The molecule has 0 saturated heterocycles. The molecule has 0 saturated carbocycles. The van der Waals surface area contributed by atoms with Crippen molar-refractivity contribution in [3.8, 4) is 11.1 Å². The highest BCUT2D eigenvalue weighted by molar-refractivity contribution is 5.82. The first-order valence-electron chi connectivity index (χ1n) is 14.7. The summed E-state index contributed by atoms with van der Waals surface area (Å²) in [6.07, 6.45) is -1.36. The average molecular weight is 578 g/mol. The smallest absolute Gasteiger partial charge is 0.407 e. The third-order valence-corrected chi connectivity index (χ3v) is 7.60. The van der Waals surface area contributed by atoms with Gasteiger partial charge >= 0.3 is 12.1 Å². The summed E-state index contributed by atoms with van der Waals surface area (Å²) in [5.74, 6) is -0.703. The Hall–Kier alpha value is -4.42. The highest BCUT2D eigenvalue weighted by Crippen LogP contribution is 2.44. The number of hydrogen-bond donors (Lipinski definition) is 1. The van der Waals surface area contributed by atoms with E-state index in [9.17, 15) is 9.59 Å². The van der Waals surface area contributed by atoms with Gasteiger partial charge in [-0.2, -0.15) is 0 Å². The van der Waals surface area contributed by atoms with E-state index in [1.165, 1.54) is 0 Å². The largest absolute Gasteiger partial charge is 0.451 e. The van der Waals surface area contributed by atoms with E-state index >= 15 is 0 Å². The molecule has 5 rings (SSSR count). The van der Waals surface area contributed by atoms with Gasteiger partial charge in [0.15, 0.2) is 12.1 Å². The van der Waals surface area contributed by atoms with E-state index in [4.69, 9.17) is 14.2 Å². The summed E-state index contributed by atoms with van der Waals surface area (Å²) in [7, 11) is 0. The van der Waals surface area contributed by atoms with E-state index in [2.05, 4.69) is 29.6 Å². The van der Waals surface area contributed by atoms with Gasteiger partial charge in [0.1, 0.15) is 6.61 Å². The van der Waals surface area contributed by atoms with Gasteiger partial charge in [-0.15, -0.1) is 0 Å². The summed E-state index contributed by atoms with van der Waals surface area (Å²) in [6.45, 7) is 9.76. The number of nitrogens with one attached hydrogen (secondary N) is 1. The van der Waals surface area contributed by atoms with Crippen molar-refractivity contribution in [1.82, 2.24) is 5.32 Å². The molecular formula is C37H39NO5. The Morgan fingerprint density at radius 1 is 0.744 bits per heavy atom. The number of benzene rings is 4. The van der Waals surface area contributed by atoms with Crippen molar-refractivity contribution in [2.24, 2.45) is 0 Å². The molecule has 0 bridgehead atoms. The second-order valence-corrected chi connectivity index (χ2v) is 12.1. The van der Waals surface area contributed by atoms with Crippen LogP contribution in [0.1, 0.15) is 66.2 Å². The van der Waals surface area contributed by atoms with Crippen LogP contribution in [0.4, 0.5) is 4.79 Å². The van der Waals surface area contributed by atoms with Crippen LogP contribution in [0.15, 0.2) is 97.1 Å². The van der Waals surface area contributed by atoms with Gasteiger partial charge in [0.25, 0.3) is 0 Å². The van der Waals surface area contributed by atoms with Crippen molar-refractivity contribution < 1.29 is 23.8 Å². The number of aryl methyl sites for hydroxylation is 2. The van der Waals surface area contributed by atoms with E-state index in [1.54, 1.807) is 0 Å². The lowest BCUT2D eigenvalue weighted by molar-refractivity contribution is -0.153. The summed E-state index contributed by atoms with van der Waals surface area (Å²) >= 11 is 0. The van der Waals surface area contributed by atoms with Gasteiger partial charge < -0.3 is 19.5 Å². The minimum absolute atomic E-state index is 0.0684. The first-order valence-corrected chi connectivity index (χ1v) is 14.7. The van der Waals surface area contributed by atoms with Gasteiger partial charge in [-0.1, -0.05) is 108 Å². The molecule has 6 nitrogen and oxygen atoms in total. The van der Waals surface area contributed by atoms with Gasteiger partial charge in [0.05, 0.1) is 12.2 Å². The molecule has 1 atom stereocenters. The third-order valence-electron chi connectivity index (χ3n) is 7.60. The zero-order chi connectivity index (χ0) is 30.6. The molecule has 222 valence electrons. The number of fused-ring (bicyclic) bond motifs is 3. The quantitative estimate of drug-likeness (QED) is 0.207. The Balaban J connectivity index is 1.32. The number of amides is 1. The molecule has 0 spiro atoms. The van der Waals surface area contributed by atoms with Crippen molar-refractivity contribution in [3.05, 3.63) is 130 Å². The van der Waals surface area contributed by atoms with Gasteiger partial charge in [-0.05, 0) is 68.0 Å². The average Bonchev–Trinajstić information content (AvgIpc) is 3.31. The van der Waals surface area contributed by atoms with Crippen LogP contribution in [0.2, 0.25) is 0 Å². The molecule has 1 aliphatic rings. The van der Waals surface area contributed by atoms with Crippen molar-refractivity contribution in [1.29, 1.82) is 0 Å². The SMILES string of the molecule is Cc1ccc(C(OC(=O)[C@H](COC(C)(C)C)NC(=O)OCC2c3ccccc3-c3ccccc32)c2ccc(C)cc2)cc1. The molecule has 4 aromatic carbocycles. The number of hydrogen-bond acceptors (Lipinski definition) is 5. The maximum atomic E-state index is 13.7. The Morgan fingerprint density at radius 2 is 1.23 bits per heavy atom.